The van der Waals surface area contributed by atoms with Crippen molar-refractivity contribution in [1.82, 2.24) is 5.32 Å². The van der Waals surface area contributed by atoms with Crippen LogP contribution >= 0.6 is 12.2 Å². The van der Waals surface area contributed by atoms with Gasteiger partial charge in [0, 0.05) is 11.3 Å². The fraction of sp³-hybridized carbons (Fsp3) is 0.167. The van der Waals surface area contributed by atoms with Gasteiger partial charge in [0.1, 0.15) is 13.2 Å². The smallest absolute Gasteiger partial charge is 0.257 e. The molecule has 0 unspecified atom stereocenters. The van der Waals surface area contributed by atoms with Crippen molar-refractivity contribution in [1.29, 1.82) is 5.26 Å². The van der Waals surface area contributed by atoms with Crippen LogP contribution < -0.4 is 20.1 Å². The summed E-state index contributed by atoms with van der Waals surface area (Å²) in [4.78, 5) is 12.3. The van der Waals surface area contributed by atoms with Crippen molar-refractivity contribution in [2.75, 3.05) is 18.5 Å². The lowest BCUT2D eigenvalue weighted by Crippen LogP contribution is -2.34. The molecule has 0 saturated heterocycles. The van der Waals surface area contributed by atoms with E-state index >= 15 is 0 Å². The number of nitriles is 1. The summed E-state index contributed by atoms with van der Waals surface area (Å²) in [6.07, 6.45) is 0.353. The number of nitrogens with zero attached hydrogens (tertiary/aromatic N) is 1. The number of nitrogens with one attached hydrogen (secondary N) is 2. The Hall–Kier alpha value is -3.11. The van der Waals surface area contributed by atoms with Gasteiger partial charge in [0.2, 0.25) is 0 Å². The highest BCUT2D eigenvalue weighted by atomic mass is 32.1. The van der Waals surface area contributed by atoms with Gasteiger partial charge in [-0.3, -0.25) is 10.1 Å². The summed E-state index contributed by atoms with van der Waals surface area (Å²) >= 11 is 5.17. The number of amides is 1. The Kier molecular flexibility index (Phi) is 5.11. The highest BCUT2D eigenvalue weighted by molar-refractivity contribution is 7.80. The summed E-state index contributed by atoms with van der Waals surface area (Å²) in [5.41, 5.74) is 2.08. The van der Waals surface area contributed by atoms with Gasteiger partial charge < -0.3 is 14.8 Å². The van der Waals surface area contributed by atoms with E-state index in [0.29, 0.717) is 36.7 Å². The largest absolute Gasteiger partial charge is 0.486 e. The topological polar surface area (TPSA) is 83.4 Å². The van der Waals surface area contributed by atoms with Gasteiger partial charge in [-0.15, -0.1) is 0 Å². The summed E-state index contributed by atoms with van der Waals surface area (Å²) in [5, 5.41) is 14.4. The van der Waals surface area contributed by atoms with Crippen LogP contribution in [0.25, 0.3) is 0 Å². The molecule has 0 radical (unpaired) electrons. The summed E-state index contributed by atoms with van der Waals surface area (Å²) in [6.45, 7) is 0.958. The summed E-state index contributed by atoms with van der Waals surface area (Å²) < 4.78 is 10.9. The third kappa shape index (κ3) is 4.25. The molecule has 3 rings (SSSR count). The molecule has 1 aliphatic heterocycles. The summed E-state index contributed by atoms with van der Waals surface area (Å²) in [7, 11) is 0. The molecule has 7 heteroatoms. The SMILES string of the molecule is N#CCc1ccc(NC(=S)NC(=O)c2ccc3c(c2)OCCO3)cc1. The molecule has 0 bridgehead atoms. The Bertz CT molecular complexity index is 844. The molecule has 1 heterocycles. The third-order valence-electron chi connectivity index (χ3n) is 3.53. The first-order valence-electron chi connectivity index (χ1n) is 7.63. The van der Waals surface area contributed by atoms with Crippen LogP contribution in [0.1, 0.15) is 15.9 Å². The van der Waals surface area contributed by atoms with Crippen LogP contribution in [0.15, 0.2) is 42.5 Å². The number of hydrogen-bond acceptors (Lipinski definition) is 5. The lowest BCUT2D eigenvalue weighted by molar-refractivity contribution is 0.0976. The average Bonchev–Trinajstić information content (AvgIpc) is 2.63. The number of ether oxygens (including phenoxy) is 2. The second-order valence-corrected chi connectivity index (χ2v) is 5.71. The molecule has 2 aromatic rings. The van der Waals surface area contributed by atoms with Crippen LogP contribution in [0.3, 0.4) is 0 Å². The first-order chi connectivity index (χ1) is 12.2. The molecule has 0 spiro atoms. The van der Waals surface area contributed by atoms with E-state index in [1.165, 1.54) is 0 Å². The number of anilines is 1. The highest BCUT2D eigenvalue weighted by Gasteiger charge is 2.15. The van der Waals surface area contributed by atoms with Crippen molar-refractivity contribution in [3.05, 3.63) is 53.6 Å². The number of rotatable bonds is 3. The summed E-state index contributed by atoms with van der Waals surface area (Å²) in [5.74, 6) is 0.836. The average molecular weight is 353 g/mol. The van der Waals surface area contributed by atoms with E-state index < -0.39 is 0 Å². The van der Waals surface area contributed by atoms with Gasteiger partial charge in [-0.2, -0.15) is 5.26 Å². The fourth-order valence-corrected chi connectivity index (χ4v) is 2.53. The maximum Gasteiger partial charge on any atom is 0.257 e. The van der Waals surface area contributed by atoms with E-state index in [4.69, 9.17) is 27.0 Å². The quantitative estimate of drug-likeness (QED) is 0.826. The molecule has 25 heavy (non-hydrogen) atoms. The Morgan fingerprint density at radius 1 is 1.12 bits per heavy atom. The standard InChI is InChI=1S/C18H15N3O3S/c19-8-7-12-1-4-14(5-2-12)20-18(25)21-17(22)13-3-6-15-16(11-13)24-10-9-23-15/h1-6,11H,7,9-10H2,(H2,20,21,22,25). The fourth-order valence-electron chi connectivity index (χ4n) is 2.32. The molecule has 0 atom stereocenters. The van der Waals surface area contributed by atoms with Crippen LogP contribution in [0.2, 0.25) is 0 Å². The predicted octanol–water partition coefficient (Wildman–Crippen LogP) is 2.65. The van der Waals surface area contributed by atoms with Gasteiger partial charge in [0.25, 0.3) is 5.91 Å². The van der Waals surface area contributed by atoms with Gasteiger partial charge >= 0.3 is 0 Å². The highest BCUT2D eigenvalue weighted by Crippen LogP contribution is 2.30. The molecular formula is C18H15N3O3S. The molecular weight excluding hydrogens is 338 g/mol. The zero-order valence-electron chi connectivity index (χ0n) is 13.2. The number of fused-ring (bicyclic) bond motifs is 1. The van der Waals surface area contributed by atoms with Crippen LogP contribution in [-0.4, -0.2) is 24.2 Å². The van der Waals surface area contributed by atoms with Gasteiger partial charge in [-0.25, -0.2) is 0 Å². The number of benzene rings is 2. The monoisotopic (exact) mass is 353 g/mol. The number of carbonyl (C=O) groups is 1. The van der Waals surface area contributed by atoms with E-state index in [9.17, 15) is 4.79 Å². The number of hydrogen-bond donors (Lipinski definition) is 2. The Balaban J connectivity index is 1.60. The first kappa shape index (κ1) is 16.7. The molecule has 0 fully saturated rings. The molecule has 126 valence electrons. The van der Waals surface area contributed by atoms with E-state index in [0.717, 1.165) is 11.3 Å². The molecule has 2 N–H and O–H groups in total. The molecule has 0 aliphatic carbocycles. The molecule has 6 nitrogen and oxygen atoms in total. The van der Waals surface area contributed by atoms with Gasteiger partial charge in [-0.1, -0.05) is 12.1 Å². The second kappa shape index (κ2) is 7.64. The lowest BCUT2D eigenvalue weighted by atomic mass is 10.1. The Labute approximate surface area is 150 Å². The van der Waals surface area contributed by atoms with Crippen molar-refractivity contribution in [2.45, 2.75) is 6.42 Å². The predicted molar refractivity (Wildman–Crippen MR) is 96.9 cm³/mol. The maximum atomic E-state index is 12.3. The molecule has 1 aliphatic rings. The number of thiocarbonyl (C=S) groups is 1. The first-order valence-corrected chi connectivity index (χ1v) is 8.04. The second-order valence-electron chi connectivity index (χ2n) is 5.30. The maximum absolute atomic E-state index is 12.3. The van der Waals surface area contributed by atoms with Crippen molar-refractivity contribution in [3.63, 3.8) is 0 Å². The zero-order chi connectivity index (χ0) is 17.6. The summed E-state index contributed by atoms with van der Waals surface area (Å²) in [6, 6.07) is 14.3. The van der Waals surface area contributed by atoms with Crippen molar-refractivity contribution in [3.8, 4) is 17.6 Å². The van der Waals surface area contributed by atoms with Crippen LogP contribution in [0, 0.1) is 11.3 Å². The normalized spacial score (nSPS) is 12.0. The molecule has 1 amide bonds. The van der Waals surface area contributed by atoms with E-state index in [2.05, 4.69) is 16.7 Å². The lowest BCUT2D eigenvalue weighted by Gasteiger charge is -2.18. The van der Waals surface area contributed by atoms with E-state index in [-0.39, 0.29) is 11.0 Å². The Morgan fingerprint density at radius 2 is 1.84 bits per heavy atom. The van der Waals surface area contributed by atoms with Crippen LogP contribution in [-0.2, 0) is 6.42 Å². The number of carbonyl (C=O) groups excluding carboxylic acids is 1. The minimum absolute atomic E-state index is 0.188. The van der Waals surface area contributed by atoms with Crippen LogP contribution in [0.4, 0.5) is 5.69 Å². The van der Waals surface area contributed by atoms with E-state index in [1.807, 2.05) is 12.1 Å². The zero-order valence-corrected chi connectivity index (χ0v) is 14.1. The van der Waals surface area contributed by atoms with Crippen molar-refractivity contribution < 1.29 is 14.3 Å². The van der Waals surface area contributed by atoms with Crippen molar-refractivity contribution in [2.24, 2.45) is 0 Å². The molecule has 2 aromatic carbocycles. The van der Waals surface area contributed by atoms with Gasteiger partial charge in [0.05, 0.1) is 12.5 Å². The molecule has 0 saturated carbocycles. The van der Waals surface area contributed by atoms with Crippen LogP contribution in [0.5, 0.6) is 11.5 Å². The van der Waals surface area contributed by atoms with Gasteiger partial charge in [0.15, 0.2) is 16.6 Å². The van der Waals surface area contributed by atoms with E-state index in [1.54, 1.807) is 30.3 Å². The molecule has 0 aromatic heterocycles. The minimum Gasteiger partial charge on any atom is -0.486 e. The third-order valence-corrected chi connectivity index (χ3v) is 3.73. The van der Waals surface area contributed by atoms with Gasteiger partial charge in [-0.05, 0) is 48.1 Å². The van der Waals surface area contributed by atoms with Crippen molar-refractivity contribution >= 4 is 28.9 Å². The minimum atomic E-state index is -0.337. The Morgan fingerprint density at radius 3 is 2.56 bits per heavy atom.